The Morgan fingerprint density at radius 2 is 2.00 bits per heavy atom. The van der Waals surface area contributed by atoms with Crippen molar-refractivity contribution >= 4 is 15.9 Å². The molecule has 0 aromatic heterocycles. The van der Waals surface area contributed by atoms with Gasteiger partial charge in [0.1, 0.15) is 0 Å². The summed E-state index contributed by atoms with van der Waals surface area (Å²) >= 11 is 0. The van der Waals surface area contributed by atoms with Crippen molar-refractivity contribution in [1.82, 2.24) is 10.0 Å². The summed E-state index contributed by atoms with van der Waals surface area (Å²) in [6.07, 6.45) is 2.82. The van der Waals surface area contributed by atoms with E-state index in [1.807, 2.05) is 13.0 Å². The zero-order valence-corrected chi connectivity index (χ0v) is 12.6. The molecule has 1 aromatic carbocycles. The topological polar surface area (TPSA) is 75.3 Å². The first-order valence-electron chi connectivity index (χ1n) is 6.81. The predicted octanol–water partition coefficient (Wildman–Crippen LogP) is 0.978. The molecule has 1 amide bonds. The monoisotopic (exact) mass is 296 g/mol. The van der Waals surface area contributed by atoms with Crippen LogP contribution in [-0.2, 0) is 27.7 Å². The lowest BCUT2D eigenvalue weighted by Crippen LogP contribution is -2.34. The molecule has 5 nitrogen and oxygen atoms in total. The van der Waals surface area contributed by atoms with Crippen LogP contribution in [0.5, 0.6) is 0 Å². The highest BCUT2D eigenvalue weighted by Gasteiger charge is 2.24. The lowest BCUT2D eigenvalue weighted by Gasteiger charge is -2.11. The van der Waals surface area contributed by atoms with E-state index in [1.165, 1.54) is 7.05 Å². The molecule has 0 saturated carbocycles. The fraction of sp³-hybridized carbons (Fsp3) is 0.500. The van der Waals surface area contributed by atoms with Crippen molar-refractivity contribution in [1.29, 1.82) is 0 Å². The van der Waals surface area contributed by atoms with Crippen molar-refractivity contribution < 1.29 is 13.2 Å². The maximum absolute atomic E-state index is 11.8. The Morgan fingerprint density at radius 3 is 2.65 bits per heavy atom. The van der Waals surface area contributed by atoms with Crippen molar-refractivity contribution in [2.75, 3.05) is 7.05 Å². The van der Waals surface area contributed by atoms with Gasteiger partial charge < -0.3 is 5.32 Å². The van der Waals surface area contributed by atoms with Crippen LogP contribution in [0.3, 0.4) is 0 Å². The second-order valence-corrected chi connectivity index (χ2v) is 6.95. The molecular formula is C14H20N2O3S. The van der Waals surface area contributed by atoms with Gasteiger partial charge in [-0.3, -0.25) is 4.79 Å². The van der Waals surface area contributed by atoms with Crippen LogP contribution in [0.1, 0.15) is 30.9 Å². The number of hydrogen-bond acceptors (Lipinski definition) is 3. The number of carbonyl (C=O) groups is 1. The summed E-state index contributed by atoms with van der Waals surface area (Å²) in [7, 11) is -2.01. The fourth-order valence-corrected chi connectivity index (χ4v) is 3.29. The minimum Gasteiger partial charge on any atom is -0.353 e. The minimum absolute atomic E-state index is 0.0633. The van der Waals surface area contributed by atoms with Gasteiger partial charge in [0.25, 0.3) is 0 Å². The Bertz CT molecular complexity index is 611. The molecule has 0 spiro atoms. The van der Waals surface area contributed by atoms with Crippen LogP contribution in [0.2, 0.25) is 0 Å². The molecule has 2 N–H and O–H groups in total. The third kappa shape index (κ3) is 3.19. The van der Waals surface area contributed by atoms with Crippen molar-refractivity contribution in [2.45, 2.75) is 43.5 Å². The Hall–Kier alpha value is -1.40. The van der Waals surface area contributed by atoms with Gasteiger partial charge >= 0.3 is 0 Å². The summed E-state index contributed by atoms with van der Waals surface area (Å²) in [5, 5.41) is 2.99. The Kier molecular flexibility index (Phi) is 4.45. The molecule has 0 saturated heterocycles. The molecule has 1 aliphatic carbocycles. The summed E-state index contributed by atoms with van der Waals surface area (Å²) in [5.74, 6) is 0.0633. The number of benzene rings is 1. The van der Waals surface area contributed by atoms with E-state index in [1.54, 1.807) is 12.1 Å². The summed E-state index contributed by atoms with van der Waals surface area (Å²) in [5.41, 5.74) is 2.12. The largest absolute Gasteiger partial charge is 0.353 e. The third-order valence-electron chi connectivity index (χ3n) is 3.53. The molecule has 6 heteroatoms. The standard InChI is InChI=1S/C14H20N2O3S/c1-3-4-14(17)16-12-7-10-5-6-13(9-11(10)8-12)20(18,19)15-2/h5-6,9,12,15H,3-4,7-8H2,1-2H3,(H,16,17). The molecule has 0 aliphatic heterocycles. The van der Waals surface area contributed by atoms with Crippen molar-refractivity contribution in [3.63, 3.8) is 0 Å². The maximum atomic E-state index is 11.8. The van der Waals surface area contributed by atoms with Crippen LogP contribution in [0.25, 0.3) is 0 Å². The van der Waals surface area contributed by atoms with Crippen LogP contribution in [0, 0.1) is 0 Å². The molecule has 0 fully saturated rings. The van der Waals surface area contributed by atoms with Crippen LogP contribution >= 0.6 is 0 Å². The van der Waals surface area contributed by atoms with Crippen molar-refractivity contribution in [3.05, 3.63) is 29.3 Å². The number of hydrogen-bond donors (Lipinski definition) is 2. The molecule has 1 atom stereocenters. The summed E-state index contributed by atoms with van der Waals surface area (Å²) < 4.78 is 25.8. The summed E-state index contributed by atoms with van der Waals surface area (Å²) in [6, 6.07) is 5.23. The van der Waals surface area contributed by atoms with Gasteiger partial charge in [-0.05, 0) is 49.6 Å². The molecule has 20 heavy (non-hydrogen) atoms. The molecule has 2 rings (SSSR count). The first kappa shape index (κ1) is 15.0. The van der Waals surface area contributed by atoms with Crippen molar-refractivity contribution in [3.8, 4) is 0 Å². The SMILES string of the molecule is CCCC(=O)NC1Cc2ccc(S(=O)(=O)NC)cc2C1. The number of nitrogens with one attached hydrogen (secondary N) is 2. The molecule has 1 unspecified atom stereocenters. The number of fused-ring (bicyclic) bond motifs is 1. The molecule has 1 aliphatic rings. The molecule has 110 valence electrons. The molecule has 0 heterocycles. The van der Waals surface area contributed by atoms with Gasteiger partial charge in [0.05, 0.1) is 4.90 Å². The van der Waals surface area contributed by atoms with Crippen LogP contribution in [-0.4, -0.2) is 27.4 Å². The molecule has 1 aromatic rings. The Labute approximate surface area is 119 Å². The quantitative estimate of drug-likeness (QED) is 0.850. The van der Waals surface area contributed by atoms with E-state index in [4.69, 9.17) is 0 Å². The number of amides is 1. The minimum atomic E-state index is -3.41. The lowest BCUT2D eigenvalue weighted by atomic mass is 10.1. The van der Waals surface area contributed by atoms with Gasteiger partial charge in [-0.15, -0.1) is 0 Å². The first-order valence-corrected chi connectivity index (χ1v) is 8.29. The van der Waals surface area contributed by atoms with Gasteiger partial charge in [0.2, 0.25) is 15.9 Å². The Balaban J connectivity index is 2.12. The second kappa shape index (κ2) is 5.93. The normalized spacial score (nSPS) is 17.8. The third-order valence-corrected chi connectivity index (χ3v) is 4.94. The van der Waals surface area contributed by atoms with E-state index in [0.29, 0.717) is 12.8 Å². The van der Waals surface area contributed by atoms with E-state index < -0.39 is 10.0 Å². The summed E-state index contributed by atoms with van der Waals surface area (Å²) in [6.45, 7) is 1.97. The average Bonchev–Trinajstić information content (AvgIpc) is 2.79. The van der Waals surface area contributed by atoms with E-state index in [0.717, 1.165) is 24.0 Å². The maximum Gasteiger partial charge on any atom is 0.240 e. The molecule has 0 bridgehead atoms. The van der Waals surface area contributed by atoms with Gasteiger partial charge in [-0.25, -0.2) is 13.1 Å². The second-order valence-electron chi connectivity index (χ2n) is 5.06. The highest BCUT2D eigenvalue weighted by Crippen LogP contribution is 2.25. The number of carbonyl (C=O) groups excluding carboxylic acids is 1. The van der Waals surface area contributed by atoms with Gasteiger partial charge in [0, 0.05) is 12.5 Å². The number of rotatable bonds is 5. The molecular weight excluding hydrogens is 276 g/mol. The first-order chi connectivity index (χ1) is 9.46. The smallest absolute Gasteiger partial charge is 0.240 e. The van der Waals surface area contributed by atoms with Crippen LogP contribution in [0.15, 0.2) is 23.1 Å². The Morgan fingerprint density at radius 1 is 1.30 bits per heavy atom. The van der Waals surface area contributed by atoms with Crippen LogP contribution < -0.4 is 10.0 Å². The van der Waals surface area contributed by atoms with Crippen molar-refractivity contribution in [2.24, 2.45) is 0 Å². The average molecular weight is 296 g/mol. The number of sulfonamides is 1. The zero-order valence-electron chi connectivity index (χ0n) is 11.8. The van der Waals surface area contributed by atoms with E-state index >= 15 is 0 Å². The van der Waals surface area contributed by atoms with E-state index in [2.05, 4.69) is 10.0 Å². The zero-order chi connectivity index (χ0) is 14.8. The van der Waals surface area contributed by atoms with Gasteiger partial charge in [-0.2, -0.15) is 0 Å². The highest BCUT2D eigenvalue weighted by atomic mass is 32.2. The molecule has 0 radical (unpaired) electrons. The fourth-order valence-electron chi connectivity index (χ4n) is 2.51. The van der Waals surface area contributed by atoms with Crippen LogP contribution in [0.4, 0.5) is 0 Å². The van der Waals surface area contributed by atoms with E-state index in [-0.39, 0.29) is 16.8 Å². The van der Waals surface area contributed by atoms with E-state index in [9.17, 15) is 13.2 Å². The highest BCUT2D eigenvalue weighted by molar-refractivity contribution is 7.89. The predicted molar refractivity (Wildman–Crippen MR) is 76.9 cm³/mol. The lowest BCUT2D eigenvalue weighted by molar-refractivity contribution is -0.121. The summed E-state index contributed by atoms with van der Waals surface area (Å²) in [4.78, 5) is 11.9. The van der Waals surface area contributed by atoms with Gasteiger partial charge in [0.15, 0.2) is 0 Å². The van der Waals surface area contributed by atoms with Gasteiger partial charge in [-0.1, -0.05) is 13.0 Å².